The van der Waals surface area contributed by atoms with E-state index in [1.165, 1.54) is 24.1 Å². The van der Waals surface area contributed by atoms with Crippen molar-refractivity contribution in [1.29, 1.82) is 0 Å². The van der Waals surface area contributed by atoms with Gasteiger partial charge in [-0.1, -0.05) is 0 Å². The van der Waals surface area contributed by atoms with Crippen LogP contribution in [0.2, 0.25) is 0 Å². The molecule has 3 rings (SSSR count). The SMILES string of the molecule is O=C(Nc1cccnc1)c1cc(C(F)(F)F)cc(-c2cncs2)n1. The third kappa shape index (κ3) is 3.57. The molecule has 5 nitrogen and oxygen atoms in total. The second-order valence-electron chi connectivity index (χ2n) is 4.69. The van der Waals surface area contributed by atoms with Crippen molar-refractivity contribution in [3.63, 3.8) is 0 Å². The summed E-state index contributed by atoms with van der Waals surface area (Å²) in [4.78, 5) is 24.3. The first-order valence-corrected chi connectivity index (χ1v) is 7.51. The van der Waals surface area contributed by atoms with E-state index in [1.807, 2.05) is 0 Å². The number of anilines is 1. The first-order chi connectivity index (χ1) is 11.4. The van der Waals surface area contributed by atoms with Crippen LogP contribution in [0, 0.1) is 0 Å². The van der Waals surface area contributed by atoms with Crippen LogP contribution in [0.1, 0.15) is 16.1 Å². The van der Waals surface area contributed by atoms with Crippen LogP contribution in [0.25, 0.3) is 10.6 Å². The molecular formula is C15H9F3N4OS. The minimum absolute atomic E-state index is 0.0451. The van der Waals surface area contributed by atoms with E-state index in [2.05, 4.69) is 20.3 Å². The van der Waals surface area contributed by atoms with Gasteiger partial charge in [-0.2, -0.15) is 13.2 Å². The summed E-state index contributed by atoms with van der Waals surface area (Å²) in [7, 11) is 0. The zero-order valence-corrected chi connectivity index (χ0v) is 12.7. The summed E-state index contributed by atoms with van der Waals surface area (Å²) in [6.45, 7) is 0. The highest BCUT2D eigenvalue weighted by Gasteiger charge is 2.32. The molecule has 0 aliphatic heterocycles. The number of aromatic nitrogens is 3. The molecule has 0 unspecified atom stereocenters. The van der Waals surface area contributed by atoms with Gasteiger partial charge in [-0.15, -0.1) is 11.3 Å². The van der Waals surface area contributed by atoms with E-state index < -0.39 is 17.6 Å². The standard InChI is InChI=1S/C15H9F3N4OS/c16-15(17,18)9-4-11(13-7-20-8-24-13)22-12(5-9)14(23)21-10-2-1-3-19-6-10/h1-8H,(H,21,23). The van der Waals surface area contributed by atoms with Gasteiger partial charge in [-0.05, 0) is 24.3 Å². The Morgan fingerprint density at radius 2 is 2.00 bits per heavy atom. The molecule has 3 aromatic heterocycles. The van der Waals surface area contributed by atoms with E-state index in [0.29, 0.717) is 10.6 Å². The summed E-state index contributed by atoms with van der Waals surface area (Å²) in [6, 6.07) is 4.78. The van der Waals surface area contributed by atoms with E-state index in [-0.39, 0.29) is 11.4 Å². The highest BCUT2D eigenvalue weighted by atomic mass is 32.1. The minimum Gasteiger partial charge on any atom is -0.319 e. The number of halogens is 3. The summed E-state index contributed by atoms with van der Waals surface area (Å²) in [6.07, 6.45) is -0.294. The summed E-state index contributed by atoms with van der Waals surface area (Å²) in [5.41, 5.74) is 0.603. The average Bonchev–Trinajstić information content (AvgIpc) is 3.09. The number of carbonyl (C=O) groups is 1. The molecule has 0 bridgehead atoms. The molecule has 0 aliphatic carbocycles. The molecule has 1 N–H and O–H groups in total. The number of hydrogen-bond acceptors (Lipinski definition) is 5. The normalized spacial score (nSPS) is 11.3. The number of carbonyl (C=O) groups excluding carboxylic acids is 1. The van der Waals surface area contributed by atoms with Crippen LogP contribution in [0.4, 0.5) is 18.9 Å². The summed E-state index contributed by atoms with van der Waals surface area (Å²) < 4.78 is 39.3. The van der Waals surface area contributed by atoms with Crippen LogP contribution in [0.15, 0.2) is 48.4 Å². The van der Waals surface area contributed by atoms with Gasteiger partial charge in [0, 0.05) is 12.4 Å². The first-order valence-electron chi connectivity index (χ1n) is 6.63. The molecule has 1 amide bonds. The molecule has 122 valence electrons. The Balaban J connectivity index is 2.00. The van der Waals surface area contributed by atoms with Crippen molar-refractivity contribution in [1.82, 2.24) is 15.0 Å². The van der Waals surface area contributed by atoms with Gasteiger partial charge in [0.2, 0.25) is 0 Å². The Bertz CT molecular complexity index is 851. The van der Waals surface area contributed by atoms with Crippen molar-refractivity contribution in [2.24, 2.45) is 0 Å². The number of nitrogens with zero attached hydrogens (tertiary/aromatic N) is 3. The Labute approximate surface area is 138 Å². The second-order valence-corrected chi connectivity index (χ2v) is 5.57. The lowest BCUT2D eigenvalue weighted by molar-refractivity contribution is -0.137. The monoisotopic (exact) mass is 350 g/mol. The number of pyridine rings is 2. The lowest BCUT2D eigenvalue weighted by atomic mass is 10.1. The van der Waals surface area contributed by atoms with Crippen LogP contribution in [-0.4, -0.2) is 20.9 Å². The quantitative estimate of drug-likeness (QED) is 0.779. The van der Waals surface area contributed by atoms with Crippen LogP contribution >= 0.6 is 11.3 Å². The topological polar surface area (TPSA) is 67.8 Å². The van der Waals surface area contributed by atoms with Crippen molar-refractivity contribution >= 4 is 22.9 Å². The van der Waals surface area contributed by atoms with Crippen LogP contribution in [0.5, 0.6) is 0 Å². The number of hydrogen-bond donors (Lipinski definition) is 1. The predicted molar refractivity (Wildman–Crippen MR) is 82.5 cm³/mol. The van der Waals surface area contributed by atoms with Crippen molar-refractivity contribution in [3.05, 3.63) is 59.6 Å². The maximum absolute atomic E-state index is 13.1. The molecule has 3 aromatic rings. The van der Waals surface area contributed by atoms with Gasteiger partial charge in [-0.25, -0.2) is 4.98 Å². The lowest BCUT2D eigenvalue weighted by Gasteiger charge is -2.11. The number of amides is 1. The molecule has 0 atom stereocenters. The van der Waals surface area contributed by atoms with Gasteiger partial charge in [0.15, 0.2) is 0 Å². The Kier molecular flexibility index (Phi) is 4.26. The van der Waals surface area contributed by atoms with Crippen LogP contribution in [0.3, 0.4) is 0 Å². The zero-order chi connectivity index (χ0) is 17.2. The fourth-order valence-corrected chi connectivity index (χ4v) is 2.49. The van der Waals surface area contributed by atoms with E-state index in [4.69, 9.17) is 0 Å². The molecule has 0 aromatic carbocycles. The molecule has 0 radical (unpaired) electrons. The summed E-state index contributed by atoms with van der Waals surface area (Å²) in [5, 5.41) is 2.47. The van der Waals surface area contributed by atoms with Crippen molar-refractivity contribution < 1.29 is 18.0 Å². The average molecular weight is 350 g/mol. The summed E-state index contributed by atoms with van der Waals surface area (Å²) >= 11 is 1.14. The first kappa shape index (κ1) is 16.1. The number of alkyl halides is 3. The fourth-order valence-electron chi connectivity index (χ4n) is 1.91. The molecule has 0 fully saturated rings. The van der Waals surface area contributed by atoms with E-state index in [1.54, 1.807) is 12.1 Å². The van der Waals surface area contributed by atoms with Gasteiger partial charge in [0.05, 0.1) is 33.5 Å². The summed E-state index contributed by atoms with van der Waals surface area (Å²) in [5.74, 6) is -0.750. The Morgan fingerprint density at radius 1 is 1.17 bits per heavy atom. The molecule has 24 heavy (non-hydrogen) atoms. The molecule has 3 heterocycles. The maximum Gasteiger partial charge on any atom is 0.416 e. The minimum atomic E-state index is -4.59. The fraction of sp³-hybridized carbons (Fsp3) is 0.0667. The molecule has 0 saturated carbocycles. The second kappa shape index (κ2) is 6.36. The van der Waals surface area contributed by atoms with E-state index in [0.717, 1.165) is 23.5 Å². The van der Waals surface area contributed by atoms with Crippen molar-refractivity contribution in [2.45, 2.75) is 6.18 Å². The molecule has 9 heteroatoms. The van der Waals surface area contributed by atoms with Gasteiger partial charge in [-0.3, -0.25) is 14.8 Å². The lowest BCUT2D eigenvalue weighted by Crippen LogP contribution is -2.16. The highest BCUT2D eigenvalue weighted by Crippen LogP contribution is 2.33. The Hall–Kier alpha value is -2.81. The van der Waals surface area contributed by atoms with Gasteiger partial charge < -0.3 is 5.32 Å². The third-order valence-electron chi connectivity index (χ3n) is 2.99. The highest BCUT2D eigenvalue weighted by molar-refractivity contribution is 7.13. The van der Waals surface area contributed by atoms with Crippen LogP contribution < -0.4 is 5.32 Å². The predicted octanol–water partition coefficient (Wildman–Crippen LogP) is 3.87. The Morgan fingerprint density at radius 3 is 2.62 bits per heavy atom. The number of rotatable bonds is 3. The molecule has 0 saturated heterocycles. The van der Waals surface area contributed by atoms with Crippen LogP contribution in [-0.2, 0) is 6.18 Å². The smallest absolute Gasteiger partial charge is 0.319 e. The maximum atomic E-state index is 13.1. The molecular weight excluding hydrogens is 341 g/mol. The van der Waals surface area contributed by atoms with Gasteiger partial charge in [0.1, 0.15) is 5.69 Å². The van der Waals surface area contributed by atoms with E-state index >= 15 is 0 Å². The van der Waals surface area contributed by atoms with Crippen molar-refractivity contribution in [3.8, 4) is 10.6 Å². The number of thiazole rings is 1. The largest absolute Gasteiger partial charge is 0.416 e. The van der Waals surface area contributed by atoms with E-state index in [9.17, 15) is 18.0 Å². The molecule has 0 spiro atoms. The molecule has 0 aliphatic rings. The zero-order valence-electron chi connectivity index (χ0n) is 11.9. The third-order valence-corrected chi connectivity index (χ3v) is 3.79. The van der Waals surface area contributed by atoms with Crippen molar-refractivity contribution in [2.75, 3.05) is 5.32 Å². The number of nitrogens with one attached hydrogen (secondary N) is 1. The van der Waals surface area contributed by atoms with Gasteiger partial charge in [0.25, 0.3) is 5.91 Å². The van der Waals surface area contributed by atoms with Gasteiger partial charge >= 0.3 is 6.18 Å².